The summed E-state index contributed by atoms with van der Waals surface area (Å²) in [5.41, 5.74) is 4.75. The van der Waals surface area contributed by atoms with Crippen LogP contribution in [-0.4, -0.2) is 25.0 Å². The maximum atomic E-state index is 12.6. The Balaban J connectivity index is 1.90. The first-order chi connectivity index (χ1) is 12.0. The third-order valence-corrected chi connectivity index (χ3v) is 5.16. The number of aryl methyl sites for hydroxylation is 1. The Bertz CT molecular complexity index is 903. The predicted octanol–water partition coefficient (Wildman–Crippen LogP) is 4.71. The number of nitrogens with zero attached hydrogens (tertiary/aromatic N) is 2. The summed E-state index contributed by atoms with van der Waals surface area (Å²) in [4.78, 5) is 18.8. The number of carbonyl (C=O) groups is 1. The van der Waals surface area contributed by atoms with E-state index in [2.05, 4.69) is 18.0 Å². The Morgan fingerprint density at radius 2 is 1.88 bits per heavy atom. The fraction of sp³-hybridized carbons (Fsp3) is 0.200. The fourth-order valence-corrected chi connectivity index (χ4v) is 3.40. The van der Waals surface area contributed by atoms with Crippen LogP contribution in [0.1, 0.15) is 21.5 Å². The zero-order valence-electron chi connectivity index (χ0n) is 14.7. The van der Waals surface area contributed by atoms with Gasteiger partial charge >= 0.3 is 0 Å². The molecule has 1 aromatic heterocycles. The third kappa shape index (κ3) is 3.42. The van der Waals surface area contributed by atoms with Crippen LogP contribution >= 0.6 is 11.3 Å². The van der Waals surface area contributed by atoms with Gasteiger partial charge in [0.2, 0.25) is 0 Å². The molecule has 5 heteroatoms. The number of aromatic nitrogens is 1. The summed E-state index contributed by atoms with van der Waals surface area (Å²) in [5, 5.41) is 2.63. The van der Waals surface area contributed by atoms with E-state index in [1.54, 1.807) is 19.1 Å². The number of ether oxygens (including phenoxy) is 1. The summed E-state index contributed by atoms with van der Waals surface area (Å²) in [6.45, 7) is 4.09. The van der Waals surface area contributed by atoms with Crippen molar-refractivity contribution in [2.75, 3.05) is 19.1 Å². The lowest BCUT2D eigenvalue weighted by Crippen LogP contribution is -2.25. The van der Waals surface area contributed by atoms with Crippen LogP contribution in [0.25, 0.3) is 11.3 Å². The molecule has 3 aromatic rings. The number of hydrogen-bond donors (Lipinski definition) is 0. The lowest BCUT2D eigenvalue weighted by molar-refractivity contribution is 0.0993. The van der Waals surface area contributed by atoms with Crippen molar-refractivity contribution in [3.63, 3.8) is 0 Å². The molecule has 0 bridgehead atoms. The van der Waals surface area contributed by atoms with Crippen molar-refractivity contribution in [1.29, 1.82) is 0 Å². The highest BCUT2D eigenvalue weighted by atomic mass is 32.1. The smallest absolute Gasteiger partial charge is 0.259 e. The highest BCUT2D eigenvalue weighted by Crippen LogP contribution is 2.32. The molecule has 4 nitrogen and oxygen atoms in total. The molecule has 0 saturated carbocycles. The van der Waals surface area contributed by atoms with Crippen LogP contribution < -0.4 is 9.64 Å². The number of hydrogen-bond acceptors (Lipinski definition) is 4. The average molecular weight is 352 g/mol. The van der Waals surface area contributed by atoms with Gasteiger partial charge in [-0.2, -0.15) is 0 Å². The Kier molecular flexibility index (Phi) is 4.86. The largest absolute Gasteiger partial charge is 0.496 e. The van der Waals surface area contributed by atoms with Crippen molar-refractivity contribution < 1.29 is 9.53 Å². The molecule has 0 N–H and O–H groups in total. The lowest BCUT2D eigenvalue weighted by atomic mass is 10.0. The van der Waals surface area contributed by atoms with E-state index >= 15 is 0 Å². The van der Waals surface area contributed by atoms with Gasteiger partial charge in [-0.3, -0.25) is 9.69 Å². The molecule has 0 fully saturated rings. The summed E-state index contributed by atoms with van der Waals surface area (Å²) in [6, 6.07) is 13.3. The quantitative estimate of drug-likeness (QED) is 0.683. The summed E-state index contributed by atoms with van der Waals surface area (Å²) in [7, 11) is 3.42. The molecular weight excluding hydrogens is 332 g/mol. The third-order valence-electron chi connectivity index (χ3n) is 4.24. The van der Waals surface area contributed by atoms with E-state index in [9.17, 15) is 4.79 Å². The van der Waals surface area contributed by atoms with Crippen molar-refractivity contribution in [1.82, 2.24) is 4.98 Å². The molecule has 0 aliphatic carbocycles. The molecular formula is C20H20N2O2S. The number of carbonyl (C=O) groups excluding carboxylic acids is 1. The molecule has 2 aromatic carbocycles. The van der Waals surface area contributed by atoms with Crippen LogP contribution in [0, 0.1) is 13.8 Å². The molecule has 0 unspecified atom stereocenters. The minimum absolute atomic E-state index is 0.0702. The van der Waals surface area contributed by atoms with Crippen LogP contribution in [0.5, 0.6) is 5.75 Å². The molecule has 25 heavy (non-hydrogen) atoms. The second-order valence-electron chi connectivity index (χ2n) is 5.87. The molecule has 0 atom stereocenters. The first-order valence-electron chi connectivity index (χ1n) is 7.95. The summed E-state index contributed by atoms with van der Waals surface area (Å²) >= 11 is 1.45. The molecule has 0 radical (unpaired) electrons. The highest BCUT2D eigenvalue weighted by molar-refractivity contribution is 7.14. The molecule has 0 spiro atoms. The van der Waals surface area contributed by atoms with Gasteiger partial charge in [-0.25, -0.2) is 4.98 Å². The van der Waals surface area contributed by atoms with Gasteiger partial charge in [0.05, 0.1) is 12.8 Å². The van der Waals surface area contributed by atoms with Crippen molar-refractivity contribution in [3.8, 4) is 17.0 Å². The van der Waals surface area contributed by atoms with E-state index in [-0.39, 0.29) is 5.91 Å². The lowest BCUT2D eigenvalue weighted by Gasteiger charge is -2.13. The second-order valence-corrected chi connectivity index (χ2v) is 6.70. The average Bonchev–Trinajstić information content (AvgIpc) is 3.13. The van der Waals surface area contributed by atoms with E-state index in [4.69, 9.17) is 4.74 Å². The van der Waals surface area contributed by atoms with Crippen molar-refractivity contribution in [2.24, 2.45) is 0 Å². The Morgan fingerprint density at radius 1 is 1.16 bits per heavy atom. The fourth-order valence-electron chi connectivity index (χ4n) is 2.60. The minimum Gasteiger partial charge on any atom is -0.496 e. The van der Waals surface area contributed by atoms with Crippen molar-refractivity contribution in [3.05, 3.63) is 64.5 Å². The van der Waals surface area contributed by atoms with Crippen LogP contribution in [0.15, 0.2) is 47.8 Å². The predicted molar refractivity (Wildman–Crippen MR) is 103 cm³/mol. The Hall–Kier alpha value is -2.66. The van der Waals surface area contributed by atoms with Gasteiger partial charge < -0.3 is 4.74 Å². The van der Waals surface area contributed by atoms with Gasteiger partial charge in [-0.05, 0) is 49.2 Å². The zero-order valence-corrected chi connectivity index (χ0v) is 15.6. The number of benzene rings is 2. The first-order valence-corrected chi connectivity index (χ1v) is 8.83. The molecule has 3 rings (SSSR count). The summed E-state index contributed by atoms with van der Waals surface area (Å²) in [5.74, 6) is 0.775. The van der Waals surface area contributed by atoms with Gasteiger partial charge in [0.15, 0.2) is 5.13 Å². The Labute approximate surface area is 151 Å². The van der Waals surface area contributed by atoms with E-state index in [1.807, 2.05) is 48.7 Å². The Morgan fingerprint density at radius 3 is 2.56 bits per heavy atom. The first kappa shape index (κ1) is 17.2. The van der Waals surface area contributed by atoms with Crippen molar-refractivity contribution >= 4 is 22.4 Å². The number of methoxy groups -OCH3 is 1. The van der Waals surface area contributed by atoms with E-state index in [0.717, 1.165) is 28.1 Å². The van der Waals surface area contributed by atoms with Gasteiger partial charge in [0.25, 0.3) is 5.91 Å². The van der Waals surface area contributed by atoms with E-state index in [1.165, 1.54) is 11.3 Å². The zero-order chi connectivity index (χ0) is 18.0. The molecule has 0 aliphatic heterocycles. The normalized spacial score (nSPS) is 10.6. The maximum absolute atomic E-state index is 12.6. The number of amides is 1. The van der Waals surface area contributed by atoms with Crippen molar-refractivity contribution in [2.45, 2.75) is 13.8 Å². The standard InChI is InChI=1S/C20H20N2O2S/c1-13-10-16(11-18(24-4)14(13)2)17-12-25-20(21-17)22(3)19(23)15-8-6-5-7-9-15/h5-12H,1-4H3. The topological polar surface area (TPSA) is 42.4 Å². The van der Waals surface area contributed by atoms with Crippen LogP contribution in [0.4, 0.5) is 5.13 Å². The van der Waals surface area contributed by atoms with Gasteiger partial charge in [0.1, 0.15) is 5.75 Å². The van der Waals surface area contributed by atoms with Crippen LogP contribution in [0.3, 0.4) is 0 Å². The molecule has 128 valence electrons. The number of thiazole rings is 1. The van der Waals surface area contributed by atoms with E-state index in [0.29, 0.717) is 10.7 Å². The SMILES string of the molecule is COc1cc(-c2csc(N(C)C(=O)c3ccccc3)n2)cc(C)c1C. The summed E-state index contributed by atoms with van der Waals surface area (Å²) in [6.07, 6.45) is 0. The second kappa shape index (κ2) is 7.07. The summed E-state index contributed by atoms with van der Waals surface area (Å²) < 4.78 is 5.45. The molecule has 1 amide bonds. The van der Waals surface area contributed by atoms with Crippen LogP contribution in [0.2, 0.25) is 0 Å². The molecule has 1 heterocycles. The van der Waals surface area contributed by atoms with Gasteiger partial charge in [0, 0.05) is 23.6 Å². The number of anilines is 1. The highest BCUT2D eigenvalue weighted by Gasteiger charge is 2.17. The van der Waals surface area contributed by atoms with Gasteiger partial charge in [-0.15, -0.1) is 11.3 Å². The van der Waals surface area contributed by atoms with Gasteiger partial charge in [-0.1, -0.05) is 18.2 Å². The van der Waals surface area contributed by atoms with Crippen LogP contribution in [-0.2, 0) is 0 Å². The molecule has 0 saturated heterocycles. The monoisotopic (exact) mass is 352 g/mol. The minimum atomic E-state index is -0.0702. The number of rotatable bonds is 4. The maximum Gasteiger partial charge on any atom is 0.259 e. The molecule has 0 aliphatic rings. The van der Waals surface area contributed by atoms with E-state index < -0.39 is 0 Å².